The molecule has 0 aromatic carbocycles. The molecule has 21 heteroatoms. The van der Waals surface area contributed by atoms with E-state index in [0.29, 0.717) is 11.2 Å². The van der Waals surface area contributed by atoms with Crippen molar-refractivity contribution >= 4 is 53.1 Å². The lowest BCUT2D eigenvalue weighted by molar-refractivity contribution is -0.113. The van der Waals surface area contributed by atoms with Gasteiger partial charge in [0.05, 0.1) is 32.0 Å². The van der Waals surface area contributed by atoms with Gasteiger partial charge >= 0.3 is 6.80 Å². The van der Waals surface area contributed by atoms with Gasteiger partial charge in [0.25, 0.3) is 5.56 Å². The molecule has 7 N–H and O–H groups in total. The third-order valence-electron chi connectivity index (χ3n) is 7.40. The number of ether oxygens (including phenoxy) is 3. The third kappa shape index (κ3) is 5.28. The fraction of sp³-hybridized carbons (Fsp3) is 0.545. The van der Waals surface area contributed by atoms with E-state index in [1.165, 1.54) is 30.7 Å². The highest BCUT2D eigenvalue weighted by Crippen LogP contribution is 2.57. The Hall–Kier alpha value is -3.20. The summed E-state index contributed by atoms with van der Waals surface area (Å²) in [6.45, 7) is -3.42. The zero-order chi connectivity index (χ0) is 30.7. The number of nitrogen functional groups attached to an aromatic ring is 2. The Kier molecular flexibility index (Phi) is 7.68. The second kappa shape index (κ2) is 11.1. The van der Waals surface area contributed by atoms with Crippen LogP contribution in [-0.2, 0) is 27.8 Å². The van der Waals surface area contributed by atoms with E-state index >= 15 is 0 Å². The van der Waals surface area contributed by atoms with Crippen LogP contribution in [0.5, 0.6) is 0 Å². The van der Waals surface area contributed by atoms with Gasteiger partial charge in [-0.3, -0.25) is 28.0 Å². The Bertz CT molecular complexity index is 1770. The maximum absolute atomic E-state index is 13.5. The summed E-state index contributed by atoms with van der Waals surface area (Å²) in [5.41, 5.74) is 10.4. The fourth-order valence-electron chi connectivity index (χ4n) is 5.27. The number of anilines is 2. The van der Waals surface area contributed by atoms with E-state index in [-0.39, 0.29) is 36.0 Å². The van der Waals surface area contributed by atoms with E-state index in [1.807, 2.05) is 0 Å². The van der Waals surface area contributed by atoms with Crippen LogP contribution >= 0.6 is 19.0 Å². The van der Waals surface area contributed by atoms with Gasteiger partial charge in [-0.15, -0.1) is 0 Å². The number of aliphatic hydroxyl groups is 2. The second-order valence-electron chi connectivity index (χ2n) is 10.3. The molecule has 0 aliphatic carbocycles. The molecule has 0 bridgehead atoms. The predicted molar refractivity (Wildman–Crippen MR) is 151 cm³/mol. The van der Waals surface area contributed by atoms with E-state index in [0.717, 1.165) is 0 Å². The van der Waals surface area contributed by atoms with Gasteiger partial charge in [-0.1, -0.05) is 12.2 Å². The Morgan fingerprint density at radius 1 is 1.19 bits per heavy atom. The van der Waals surface area contributed by atoms with Crippen LogP contribution in [0.25, 0.3) is 22.3 Å². The highest BCUT2D eigenvalue weighted by atomic mass is 32.7. The molecule has 1 unspecified atom stereocenters. The van der Waals surface area contributed by atoms with Crippen molar-refractivity contribution in [3.05, 3.63) is 29.3 Å². The average molecular weight is 641 g/mol. The maximum Gasteiger partial charge on any atom is 0.386 e. The minimum atomic E-state index is -4.17. The zero-order valence-electron chi connectivity index (χ0n) is 22.7. The predicted octanol–water partition coefficient (Wildman–Crippen LogP) is -0.493. The van der Waals surface area contributed by atoms with Gasteiger partial charge in [0.1, 0.15) is 35.8 Å². The summed E-state index contributed by atoms with van der Waals surface area (Å²) in [7, 11) is 1.40. The lowest BCUT2D eigenvalue weighted by Gasteiger charge is -2.29. The topological polar surface area (TPSA) is 263 Å². The standard InChI is InChI=1S/C22H29N10O9PS/c1-22(14(34)13(37-2)20(40-22)31-7-27-11-15(23)25-6-26-16(11)31)5-38-42(36,43)41-10-3-9(4-33)39-19(10)32-8-28-12-17(32)29-21(24)30-18(12)35/h6-10,13-14,19-20,33-34H,3-5H2,1-2H3,(H,36,43)(H2,23,25,26)(H3,24,29,30,35)/t9-,10+,13+,14-,19+,20-,22+,42?/m0/s1. The number of hydrogen-bond donors (Lipinski definition) is 6. The quantitative estimate of drug-likeness (QED) is 0.0995. The van der Waals surface area contributed by atoms with Gasteiger partial charge in [0.15, 0.2) is 35.1 Å². The van der Waals surface area contributed by atoms with Crippen molar-refractivity contribution in [2.24, 2.45) is 0 Å². The molecule has 43 heavy (non-hydrogen) atoms. The number of nitrogens with zero attached hydrogens (tertiary/aromatic N) is 7. The Balaban J connectivity index is 1.21. The highest BCUT2D eigenvalue weighted by Gasteiger charge is 2.54. The molecule has 6 heterocycles. The lowest BCUT2D eigenvalue weighted by Crippen LogP contribution is -2.44. The van der Waals surface area contributed by atoms with Crippen molar-refractivity contribution in [1.29, 1.82) is 0 Å². The minimum Gasteiger partial charge on any atom is -0.394 e. The molecule has 0 spiro atoms. The summed E-state index contributed by atoms with van der Waals surface area (Å²) in [5, 5.41) is 20.9. The number of rotatable bonds is 9. The average Bonchev–Trinajstić information content (AvgIpc) is 3.72. The van der Waals surface area contributed by atoms with Crippen LogP contribution in [-0.4, -0.2) is 99.6 Å². The molecule has 0 saturated carbocycles. The first-order chi connectivity index (χ1) is 20.4. The number of aromatic amines is 1. The number of nitrogens with two attached hydrogens (primary N) is 2. The summed E-state index contributed by atoms with van der Waals surface area (Å²) in [6, 6.07) is 0. The number of fused-ring (bicyclic) bond motifs is 2. The van der Waals surface area contributed by atoms with Crippen LogP contribution in [0.3, 0.4) is 0 Å². The van der Waals surface area contributed by atoms with Crippen molar-refractivity contribution in [3.63, 3.8) is 0 Å². The summed E-state index contributed by atoms with van der Waals surface area (Å²) in [5.74, 6) is 0.0233. The summed E-state index contributed by atoms with van der Waals surface area (Å²) >= 11 is 4.15. The molecule has 19 nitrogen and oxygen atoms in total. The summed E-state index contributed by atoms with van der Waals surface area (Å²) in [4.78, 5) is 35.2. The Morgan fingerprint density at radius 2 is 1.91 bits per heavy atom. The van der Waals surface area contributed by atoms with Crippen LogP contribution in [0.2, 0.25) is 0 Å². The molecule has 2 aliphatic heterocycles. The van der Waals surface area contributed by atoms with E-state index in [2.05, 4.69) is 42.2 Å². The number of methoxy groups -OCH3 is 1. The molecule has 2 fully saturated rings. The third-order valence-corrected chi connectivity index (χ3v) is 9.02. The molecule has 4 aromatic heterocycles. The molecule has 2 saturated heterocycles. The number of imidazole rings is 2. The Labute approximate surface area is 247 Å². The van der Waals surface area contributed by atoms with Crippen molar-refractivity contribution in [2.45, 2.75) is 55.8 Å². The fourth-order valence-corrected chi connectivity index (χ4v) is 6.82. The van der Waals surface area contributed by atoms with E-state index < -0.39 is 61.4 Å². The molecular weight excluding hydrogens is 611 g/mol. The lowest BCUT2D eigenvalue weighted by atomic mass is 9.98. The number of nitrogens with one attached hydrogen (secondary N) is 1. The first-order valence-electron chi connectivity index (χ1n) is 12.9. The molecule has 6 rings (SSSR count). The van der Waals surface area contributed by atoms with E-state index in [1.54, 1.807) is 11.5 Å². The summed E-state index contributed by atoms with van der Waals surface area (Å²) < 4.78 is 45.5. The van der Waals surface area contributed by atoms with Crippen LogP contribution in [0.1, 0.15) is 25.8 Å². The highest BCUT2D eigenvalue weighted by molar-refractivity contribution is 8.44. The zero-order valence-corrected chi connectivity index (χ0v) is 24.5. The van der Waals surface area contributed by atoms with Gasteiger partial charge in [0, 0.05) is 13.5 Å². The van der Waals surface area contributed by atoms with Gasteiger partial charge in [-0.25, -0.2) is 24.5 Å². The molecule has 4 aromatic rings. The van der Waals surface area contributed by atoms with E-state index in [9.17, 15) is 19.6 Å². The van der Waals surface area contributed by atoms with Crippen LogP contribution in [0.15, 0.2) is 23.8 Å². The van der Waals surface area contributed by atoms with E-state index in [4.69, 9.17) is 34.7 Å². The molecule has 232 valence electrons. The number of H-pyrrole nitrogens is 1. The van der Waals surface area contributed by atoms with Gasteiger partial charge in [0.2, 0.25) is 5.95 Å². The van der Waals surface area contributed by atoms with Crippen LogP contribution in [0.4, 0.5) is 11.8 Å². The van der Waals surface area contributed by atoms with Crippen molar-refractivity contribution < 1.29 is 38.0 Å². The number of aliphatic hydroxyl groups excluding tert-OH is 2. The largest absolute Gasteiger partial charge is 0.394 e. The molecule has 2 aliphatic rings. The number of thiol groups is 1. The molecule has 0 amide bonds. The van der Waals surface area contributed by atoms with Crippen molar-refractivity contribution in [2.75, 3.05) is 31.8 Å². The molecule has 8 atom stereocenters. The molecular formula is C22H29N10O9PS. The molecule has 0 radical (unpaired) electrons. The van der Waals surface area contributed by atoms with Crippen LogP contribution in [0, 0.1) is 0 Å². The van der Waals surface area contributed by atoms with Gasteiger partial charge in [-0.2, -0.15) is 4.98 Å². The number of hydrogen-bond acceptors (Lipinski definition) is 16. The smallest absolute Gasteiger partial charge is 0.386 e. The van der Waals surface area contributed by atoms with Crippen LogP contribution < -0.4 is 17.0 Å². The normalized spacial score (nSPS) is 30.8. The van der Waals surface area contributed by atoms with Gasteiger partial charge in [-0.05, 0) is 6.92 Å². The first-order valence-corrected chi connectivity index (χ1v) is 15.6. The minimum absolute atomic E-state index is 0.00308. The number of aromatic nitrogens is 8. The van der Waals surface area contributed by atoms with Crippen molar-refractivity contribution in [1.82, 2.24) is 39.0 Å². The first kappa shape index (κ1) is 29.9. The Morgan fingerprint density at radius 3 is 2.63 bits per heavy atom. The monoisotopic (exact) mass is 640 g/mol. The summed E-state index contributed by atoms with van der Waals surface area (Å²) in [6.07, 6.45) is -1.69. The van der Waals surface area contributed by atoms with Gasteiger partial charge < -0.3 is 35.9 Å². The maximum atomic E-state index is 13.5. The SMILES string of the molecule is CO[C@H]1[C@@H](n2cnc3c(N)ncnc32)O[C@](C)(COP(=O)(S)O[C@@H]2C[C@@H](CO)O[C@H]2n2cnc3c(=O)[nH]c(N)nc32)[C@H]1O. The van der Waals surface area contributed by atoms with Crippen molar-refractivity contribution in [3.8, 4) is 0 Å². The second-order valence-corrected chi connectivity index (χ2v) is 13.2.